The van der Waals surface area contributed by atoms with Crippen LogP contribution >= 0.6 is 0 Å². The van der Waals surface area contributed by atoms with E-state index in [0.29, 0.717) is 35.3 Å². The number of halogens is 3. The van der Waals surface area contributed by atoms with Gasteiger partial charge < -0.3 is 9.29 Å². The lowest BCUT2D eigenvalue weighted by Gasteiger charge is -2.32. The largest absolute Gasteiger partial charge is 0.593 e. The van der Waals surface area contributed by atoms with Gasteiger partial charge in [-0.25, -0.2) is 9.97 Å². The zero-order valence-electron chi connectivity index (χ0n) is 17.3. The summed E-state index contributed by atoms with van der Waals surface area (Å²) < 4.78 is 72.0. The van der Waals surface area contributed by atoms with Gasteiger partial charge in [0.1, 0.15) is 11.6 Å². The predicted molar refractivity (Wildman–Crippen MR) is 111 cm³/mol. The topological polar surface area (TPSA) is 78.4 Å². The molecular formula is C22H20F3N3O3S. The van der Waals surface area contributed by atoms with Crippen molar-refractivity contribution in [3.05, 3.63) is 71.2 Å². The number of sulfonamides is 1. The molecule has 32 heavy (non-hydrogen) atoms. The average Bonchev–Trinajstić information content (AvgIpc) is 2.77. The Morgan fingerprint density at radius 2 is 1.84 bits per heavy atom. The summed E-state index contributed by atoms with van der Waals surface area (Å²) in [5, 5.41) is 0. The van der Waals surface area contributed by atoms with Gasteiger partial charge in [-0.15, -0.1) is 4.31 Å². The average molecular weight is 463 g/mol. The number of methoxy groups -OCH3 is 1. The van der Waals surface area contributed by atoms with Gasteiger partial charge in [-0.2, -0.15) is 13.2 Å². The van der Waals surface area contributed by atoms with E-state index in [1.54, 1.807) is 26.2 Å². The van der Waals surface area contributed by atoms with Crippen LogP contribution in [0.4, 0.5) is 13.2 Å². The van der Waals surface area contributed by atoms with E-state index >= 15 is 0 Å². The molecule has 1 aromatic heterocycles. The first-order valence-corrected chi connectivity index (χ1v) is 11.2. The first-order valence-electron chi connectivity index (χ1n) is 9.78. The summed E-state index contributed by atoms with van der Waals surface area (Å²) in [5.74, 6) is 1.23. The highest BCUT2D eigenvalue weighted by molar-refractivity contribution is 7.95. The molecule has 3 aromatic rings. The first-order chi connectivity index (χ1) is 15.1. The standard InChI is InChI=1S/C22H20F3N3O3S/c1-14-26-20-10-11-28(32(29,30)18-5-3-4-16(12-18)22(23,24)25)13-19(20)21(27-14)15-6-8-17(31-2)9-7-15/h3-9,12H,10-11,13H2,1-2H3. The monoisotopic (exact) mass is 463 g/mol. The van der Waals surface area contributed by atoms with Crippen molar-refractivity contribution in [1.82, 2.24) is 14.3 Å². The number of aromatic nitrogens is 2. The van der Waals surface area contributed by atoms with Crippen LogP contribution in [0.2, 0.25) is 0 Å². The summed E-state index contributed by atoms with van der Waals surface area (Å²) in [4.78, 5) is 8.60. The molecule has 10 heteroatoms. The first kappa shape index (κ1) is 22.4. The van der Waals surface area contributed by atoms with Crippen LogP contribution in [0.15, 0.2) is 53.4 Å². The molecule has 0 bridgehead atoms. The number of benzene rings is 2. The van der Waals surface area contributed by atoms with Crippen molar-refractivity contribution in [2.24, 2.45) is 0 Å². The second kappa shape index (κ2) is 8.27. The molecule has 2 aromatic carbocycles. The number of alkyl halides is 3. The zero-order valence-corrected chi connectivity index (χ0v) is 18.2. The number of rotatable bonds is 4. The van der Waals surface area contributed by atoms with Crippen LogP contribution in [0.5, 0.6) is 5.75 Å². The molecule has 0 saturated carbocycles. The van der Waals surface area contributed by atoms with Crippen LogP contribution in [-0.2, 0) is 33.8 Å². The molecule has 1 aliphatic heterocycles. The molecule has 1 unspecified atom stereocenters. The Labute approximate surface area is 184 Å². The van der Waals surface area contributed by atoms with E-state index in [-0.39, 0.29) is 13.1 Å². The van der Waals surface area contributed by atoms with E-state index in [2.05, 4.69) is 9.97 Å². The number of nitrogens with zero attached hydrogens (tertiary/aromatic N) is 3. The van der Waals surface area contributed by atoms with Gasteiger partial charge >= 0.3 is 6.18 Å². The Bertz CT molecular complexity index is 1200. The molecule has 0 radical (unpaired) electrons. The number of ether oxygens (including phenoxy) is 1. The maximum Gasteiger partial charge on any atom is 0.416 e. The third kappa shape index (κ3) is 4.25. The van der Waals surface area contributed by atoms with Gasteiger partial charge in [0.15, 0.2) is 15.3 Å². The number of hydrogen-bond acceptors (Lipinski definition) is 5. The molecule has 168 valence electrons. The molecule has 0 N–H and O–H groups in total. The van der Waals surface area contributed by atoms with Gasteiger partial charge in [-0.3, -0.25) is 0 Å². The molecule has 0 amide bonds. The van der Waals surface area contributed by atoms with E-state index in [1.165, 1.54) is 10.4 Å². The van der Waals surface area contributed by atoms with Crippen LogP contribution < -0.4 is 4.74 Å². The van der Waals surface area contributed by atoms with Gasteiger partial charge in [-0.05, 0) is 43.3 Å². The van der Waals surface area contributed by atoms with Crippen molar-refractivity contribution < 1.29 is 26.7 Å². The molecule has 0 saturated heterocycles. The van der Waals surface area contributed by atoms with E-state index in [4.69, 9.17) is 4.74 Å². The smallest absolute Gasteiger partial charge is 0.416 e. The third-order valence-electron chi connectivity index (χ3n) is 5.30. The highest BCUT2D eigenvalue weighted by Gasteiger charge is 2.38. The van der Waals surface area contributed by atoms with Crippen LogP contribution in [0.1, 0.15) is 22.6 Å². The summed E-state index contributed by atoms with van der Waals surface area (Å²) in [6.45, 7) is 1.85. The second-order valence-electron chi connectivity index (χ2n) is 7.39. The Morgan fingerprint density at radius 1 is 1.12 bits per heavy atom. The van der Waals surface area contributed by atoms with Crippen LogP contribution in [0.25, 0.3) is 11.3 Å². The van der Waals surface area contributed by atoms with Crippen molar-refractivity contribution in [3.63, 3.8) is 0 Å². The van der Waals surface area contributed by atoms with Crippen molar-refractivity contribution in [2.75, 3.05) is 13.7 Å². The Kier molecular flexibility index (Phi) is 5.78. The van der Waals surface area contributed by atoms with Crippen molar-refractivity contribution in [1.29, 1.82) is 0 Å². The van der Waals surface area contributed by atoms with E-state index in [9.17, 15) is 21.9 Å². The molecule has 0 aliphatic carbocycles. The maximum atomic E-state index is 13.2. The summed E-state index contributed by atoms with van der Waals surface area (Å²) in [6, 6.07) is 11.0. The van der Waals surface area contributed by atoms with Gasteiger partial charge in [0, 0.05) is 23.6 Å². The highest BCUT2D eigenvalue weighted by atomic mass is 32.3. The quantitative estimate of drug-likeness (QED) is 0.535. The Morgan fingerprint density at radius 3 is 2.50 bits per heavy atom. The molecule has 1 aliphatic rings. The number of hydrogen-bond donors (Lipinski definition) is 0. The summed E-state index contributed by atoms with van der Waals surface area (Å²) in [5.41, 5.74) is 1.74. The maximum absolute atomic E-state index is 13.2. The minimum absolute atomic E-state index is 0.0322. The predicted octanol–water partition coefficient (Wildman–Crippen LogP) is 4.44. The molecule has 4 rings (SSSR count). The van der Waals surface area contributed by atoms with Gasteiger partial charge in [-0.1, -0.05) is 10.3 Å². The highest BCUT2D eigenvalue weighted by Crippen LogP contribution is 2.35. The normalized spacial score (nSPS) is 16.3. The molecule has 0 spiro atoms. The van der Waals surface area contributed by atoms with Crippen molar-refractivity contribution in [3.8, 4) is 17.0 Å². The fourth-order valence-electron chi connectivity index (χ4n) is 3.69. The molecule has 2 heterocycles. The molecule has 6 nitrogen and oxygen atoms in total. The molecular weight excluding hydrogens is 443 g/mol. The lowest BCUT2D eigenvalue weighted by molar-refractivity contribution is -0.137. The van der Waals surface area contributed by atoms with E-state index in [0.717, 1.165) is 23.4 Å². The van der Waals surface area contributed by atoms with E-state index in [1.807, 2.05) is 12.1 Å². The minimum Gasteiger partial charge on any atom is -0.593 e. The summed E-state index contributed by atoms with van der Waals surface area (Å²) in [6.07, 6.45) is -4.30. The fraction of sp³-hybridized carbons (Fsp3) is 0.273. The minimum atomic E-state index is -4.63. The second-order valence-corrected chi connectivity index (χ2v) is 9.33. The van der Waals surface area contributed by atoms with Gasteiger partial charge in [0.2, 0.25) is 0 Å². The molecule has 1 atom stereocenters. The fourth-order valence-corrected chi connectivity index (χ4v) is 5.14. The summed E-state index contributed by atoms with van der Waals surface area (Å²) >= 11 is 0. The van der Waals surface area contributed by atoms with Crippen LogP contribution in [-0.4, -0.2) is 32.5 Å². The number of fused-ring (bicyclic) bond motifs is 1. The third-order valence-corrected chi connectivity index (χ3v) is 7.14. The Hall–Kier alpha value is -2.82. The summed E-state index contributed by atoms with van der Waals surface area (Å²) in [7, 11) is -2.59. The van der Waals surface area contributed by atoms with Gasteiger partial charge in [0.05, 0.1) is 37.2 Å². The van der Waals surface area contributed by atoms with Crippen molar-refractivity contribution in [2.45, 2.75) is 31.0 Å². The van der Waals surface area contributed by atoms with Gasteiger partial charge in [0.25, 0.3) is 0 Å². The zero-order chi connectivity index (χ0) is 23.1. The lowest BCUT2D eigenvalue weighted by Crippen LogP contribution is -2.41. The SMILES string of the molecule is COc1ccc(-c2nc(C)nc3c2CN([S+](=O)([O-])c2cccc(C(F)(F)F)c2)CC3)cc1. The number of aryl methyl sites for hydroxylation is 1. The van der Waals surface area contributed by atoms with Crippen LogP contribution in [0, 0.1) is 6.92 Å². The van der Waals surface area contributed by atoms with E-state index < -0.39 is 27.0 Å². The lowest BCUT2D eigenvalue weighted by atomic mass is 10.00. The molecule has 0 fully saturated rings. The Balaban J connectivity index is 1.72. The van der Waals surface area contributed by atoms with Crippen molar-refractivity contribution >= 4 is 10.4 Å². The van der Waals surface area contributed by atoms with Crippen LogP contribution in [0.3, 0.4) is 0 Å².